The lowest BCUT2D eigenvalue weighted by molar-refractivity contribution is 0.781. The van der Waals surface area contributed by atoms with Crippen LogP contribution >= 0.6 is 11.3 Å². The molecule has 0 aliphatic rings. The Hall–Kier alpha value is -1.88. The molecule has 0 amide bonds. The molecule has 1 heterocycles. The molecule has 1 aromatic heterocycles. The van der Waals surface area contributed by atoms with Crippen molar-refractivity contribution in [3.63, 3.8) is 0 Å². The molecule has 0 spiro atoms. The summed E-state index contributed by atoms with van der Waals surface area (Å²) in [6.45, 7) is 5.95. The van der Waals surface area contributed by atoms with Gasteiger partial charge in [-0.15, -0.1) is 11.3 Å². The number of nitrogens with one attached hydrogen (secondary N) is 2. The molecule has 2 rings (SSSR count). The van der Waals surface area contributed by atoms with Gasteiger partial charge in [0, 0.05) is 31.9 Å². The van der Waals surface area contributed by atoms with Gasteiger partial charge in [0.05, 0.1) is 10.7 Å². The molecule has 0 bridgehead atoms. The number of aliphatic imine (C=N–C) groups is 1. The molecule has 0 atom stereocenters. The van der Waals surface area contributed by atoms with E-state index in [1.54, 1.807) is 18.4 Å². The van der Waals surface area contributed by atoms with Crippen LogP contribution in [-0.2, 0) is 25.8 Å². The largest absolute Gasteiger partial charge is 0.356 e. The molecule has 0 unspecified atom stereocenters. The fraction of sp³-hybridized carbons (Fsp3) is 0.444. The highest BCUT2D eigenvalue weighted by atomic mass is 32.1. The lowest BCUT2D eigenvalue weighted by Crippen LogP contribution is -2.38. The highest BCUT2D eigenvalue weighted by molar-refractivity contribution is 7.09. The number of hydrogen-bond donors (Lipinski definition) is 2. The average Bonchev–Trinajstić information content (AvgIpc) is 3.06. The lowest BCUT2D eigenvalue weighted by Gasteiger charge is -2.13. The Morgan fingerprint density at radius 3 is 2.57 bits per heavy atom. The van der Waals surface area contributed by atoms with Gasteiger partial charge in [-0.05, 0) is 24.0 Å². The number of aryl methyl sites for hydroxylation is 2. The zero-order chi connectivity index (χ0) is 16.5. The first-order valence-electron chi connectivity index (χ1n) is 8.21. The van der Waals surface area contributed by atoms with Gasteiger partial charge in [-0.3, -0.25) is 4.99 Å². The van der Waals surface area contributed by atoms with Gasteiger partial charge in [0.2, 0.25) is 0 Å². The molecule has 0 fully saturated rings. The second kappa shape index (κ2) is 9.30. The van der Waals surface area contributed by atoms with Crippen LogP contribution in [0.3, 0.4) is 0 Å². The van der Waals surface area contributed by atoms with Gasteiger partial charge < -0.3 is 10.6 Å². The van der Waals surface area contributed by atoms with E-state index in [9.17, 15) is 0 Å². The van der Waals surface area contributed by atoms with E-state index in [0.29, 0.717) is 0 Å². The quantitative estimate of drug-likeness (QED) is 0.605. The number of nitrogens with zero attached hydrogens (tertiary/aromatic N) is 2. The second-order valence-corrected chi connectivity index (χ2v) is 6.25. The van der Waals surface area contributed by atoms with Crippen LogP contribution in [-0.4, -0.2) is 24.5 Å². The van der Waals surface area contributed by atoms with Crippen LogP contribution in [0.5, 0.6) is 0 Å². The van der Waals surface area contributed by atoms with Crippen LogP contribution in [0.25, 0.3) is 0 Å². The van der Waals surface area contributed by atoms with Crippen molar-refractivity contribution in [3.8, 4) is 0 Å². The second-order valence-electron chi connectivity index (χ2n) is 5.31. The fourth-order valence-corrected chi connectivity index (χ4v) is 3.19. The predicted molar refractivity (Wildman–Crippen MR) is 99.2 cm³/mol. The minimum Gasteiger partial charge on any atom is -0.356 e. The minimum atomic E-state index is 0.792. The van der Waals surface area contributed by atoms with Crippen LogP contribution in [0.4, 0.5) is 0 Å². The third-order valence-electron chi connectivity index (χ3n) is 3.74. The molecule has 124 valence electrons. The SMILES string of the molecule is CCc1nc(CCNC(=NC)NCc2ccccc2CC)cs1. The van der Waals surface area contributed by atoms with E-state index < -0.39 is 0 Å². The maximum Gasteiger partial charge on any atom is 0.191 e. The van der Waals surface area contributed by atoms with E-state index in [-0.39, 0.29) is 0 Å². The summed E-state index contributed by atoms with van der Waals surface area (Å²) in [6.07, 6.45) is 2.98. The Kier molecular flexibility index (Phi) is 7.07. The highest BCUT2D eigenvalue weighted by Crippen LogP contribution is 2.10. The molecular weight excluding hydrogens is 304 g/mol. The van der Waals surface area contributed by atoms with Gasteiger partial charge in [0.1, 0.15) is 0 Å². The molecule has 2 N–H and O–H groups in total. The third-order valence-corrected chi connectivity index (χ3v) is 4.79. The van der Waals surface area contributed by atoms with E-state index in [1.165, 1.54) is 16.1 Å². The number of guanidine groups is 1. The Morgan fingerprint density at radius 2 is 1.91 bits per heavy atom. The van der Waals surface area contributed by atoms with Crippen molar-refractivity contribution >= 4 is 17.3 Å². The first-order valence-corrected chi connectivity index (χ1v) is 9.09. The standard InChI is InChI=1S/C18H26N4S/c1-4-14-8-6-7-9-15(14)12-21-18(19-3)20-11-10-16-13-23-17(5-2)22-16/h6-9,13H,4-5,10-12H2,1-3H3,(H2,19,20,21). The van der Waals surface area contributed by atoms with E-state index in [2.05, 4.69) is 64.1 Å². The van der Waals surface area contributed by atoms with Crippen molar-refractivity contribution in [2.24, 2.45) is 4.99 Å². The van der Waals surface area contributed by atoms with Gasteiger partial charge in [-0.2, -0.15) is 0 Å². The third kappa shape index (κ3) is 5.36. The van der Waals surface area contributed by atoms with Crippen LogP contribution in [0, 0.1) is 0 Å². The molecule has 5 heteroatoms. The van der Waals surface area contributed by atoms with Gasteiger partial charge in [-0.1, -0.05) is 38.1 Å². The van der Waals surface area contributed by atoms with Gasteiger partial charge >= 0.3 is 0 Å². The number of benzene rings is 1. The highest BCUT2D eigenvalue weighted by Gasteiger charge is 2.03. The van der Waals surface area contributed by atoms with E-state index in [4.69, 9.17) is 0 Å². The van der Waals surface area contributed by atoms with Gasteiger partial charge in [-0.25, -0.2) is 4.98 Å². The lowest BCUT2D eigenvalue weighted by atomic mass is 10.1. The monoisotopic (exact) mass is 330 g/mol. The molecule has 1 aromatic carbocycles. The van der Waals surface area contributed by atoms with Crippen LogP contribution in [0.15, 0.2) is 34.6 Å². The summed E-state index contributed by atoms with van der Waals surface area (Å²) in [7, 11) is 1.80. The van der Waals surface area contributed by atoms with Crippen LogP contribution in [0.2, 0.25) is 0 Å². The molecule has 0 aliphatic carbocycles. The Labute approximate surface area is 143 Å². The van der Waals surface area contributed by atoms with Crippen molar-refractivity contribution in [3.05, 3.63) is 51.5 Å². The number of aromatic nitrogens is 1. The van der Waals surface area contributed by atoms with Crippen molar-refractivity contribution in [2.45, 2.75) is 39.7 Å². The molecule has 0 aliphatic heterocycles. The molecule has 2 aromatic rings. The summed E-state index contributed by atoms with van der Waals surface area (Å²) < 4.78 is 0. The summed E-state index contributed by atoms with van der Waals surface area (Å²) in [4.78, 5) is 8.87. The predicted octanol–water partition coefficient (Wildman–Crippen LogP) is 3.18. The zero-order valence-corrected chi connectivity index (χ0v) is 15.0. The van der Waals surface area contributed by atoms with Crippen molar-refractivity contribution < 1.29 is 0 Å². The maximum absolute atomic E-state index is 4.59. The first-order chi connectivity index (χ1) is 11.3. The summed E-state index contributed by atoms with van der Waals surface area (Å²) in [6, 6.07) is 8.52. The molecule has 0 saturated carbocycles. The average molecular weight is 331 g/mol. The summed E-state index contributed by atoms with van der Waals surface area (Å²) in [5.74, 6) is 0.835. The number of hydrogen-bond acceptors (Lipinski definition) is 3. The van der Waals surface area contributed by atoms with E-state index in [1.807, 2.05) is 0 Å². The smallest absolute Gasteiger partial charge is 0.191 e. The molecule has 0 saturated heterocycles. The topological polar surface area (TPSA) is 49.3 Å². The van der Waals surface area contributed by atoms with Crippen LogP contribution in [0.1, 0.15) is 35.7 Å². The molecule has 23 heavy (non-hydrogen) atoms. The molecule has 4 nitrogen and oxygen atoms in total. The number of rotatable bonds is 7. The zero-order valence-electron chi connectivity index (χ0n) is 14.2. The summed E-state index contributed by atoms with van der Waals surface area (Å²) in [5.41, 5.74) is 3.86. The first kappa shape index (κ1) is 17.5. The Bertz CT molecular complexity index is 633. The minimum absolute atomic E-state index is 0.792. The van der Waals surface area contributed by atoms with Crippen molar-refractivity contribution in [2.75, 3.05) is 13.6 Å². The van der Waals surface area contributed by atoms with Gasteiger partial charge in [0.25, 0.3) is 0 Å². The number of thiazole rings is 1. The van der Waals surface area contributed by atoms with E-state index >= 15 is 0 Å². The maximum atomic E-state index is 4.59. The Balaban J connectivity index is 1.79. The Morgan fingerprint density at radius 1 is 1.13 bits per heavy atom. The van der Waals surface area contributed by atoms with E-state index in [0.717, 1.165) is 44.0 Å². The van der Waals surface area contributed by atoms with Crippen molar-refractivity contribution in [1.29, 1.82) is 0 Å². The van der Waals surface area contributed by atoms with Crippen LogP contribution < -0.4 is 10.6 Å². The fourth-order valence-electron chi connectivity index (χ4n) is 2.41. The molecular formula is C18H26N4S. The molecule has 0 radical (unpaired) electrons. The van der Waals surface area contributed by atoms with Crippen molar-refractivity contribution in [1.82, 2.24) is 15.6 Å². The van der Waals surface area contributed by atoms with Gasteiger partial charge in [0.15, 0.2) is 5.96 Å². The normalized spacial score (nSPS) is 11.5. The summed E-state index contributed by atoms with van der Waals surface area (Å²) in [5, 5.41) is 10.1. The summed E-state index contributed by atoms with van der Waals surface area (Å²) >= 11 is 1.74.